The van der Waals surface area contributed by atoms with Gasteiger partial charge in [-0.3, -0.25) is 4.79 Å². The van der Waals surface area contributed by atoms with E-state index < -0.39 is 11.7 Å². The number of rotatable bonds is 4. The second-order valence-corrected chi connectivity index (χ2v) is 8.60. The lowest BCUT2D eigenvalue weighted by atomic mass is 10.0. The molecule has 174 valence electrons. The van der Waals surface area contributed by atoms with Crippen molar-refractivity contribution < 1.29 is 18.0 Å². The summed E-state index contributed by atoms with van der Waals surface area (Å²) in [6.45, 7) is 5.85. The van der Waals surface area contributed by atoms with Gasteiger partial charge in [-0.2, -0.15) is 18.3 Å². The first-order valence-electron chi connectivity index (χ1n) is 10.6. The molecule has 1 fully saturated rings. The monoisotopic (exact) mass is 477 g/mol. The van der Waals surface area contributed by atoms with Gasteiger partial charge >= 0.3 is 6.18 Å². The molecule has 6 nitrogen and oxygen atoms in total. The van der Waals surface area contributed by atoms with Gasteiger partial charge in [-0.25, -0.2) is 9.67 Å². The van der Waals surface area contributed by atoms with Gasteiger partial charge in [0, 0.05) is 37.4 Å². The average molecular weight is 478 g/mol. The quantitative estimate of drug-likeness (QED) is 0.529. The van der Waals surface area contributed by atoms with Gasteiger partial charge in [0.05, 0.1) is 28.7 Å². The van der Waals surface area contributed by atoms with Gasteiger partial charge in [-0.15, -0.1) is 0 Å². The van der Waals surface area contributed by atoms with Crippen LogP contribution in [0.4, 0.5) is 19.0 Å². The molecule has 33 heavy (non-hydrogen) atoms. The third-order valence-electron chi connectivity index (χ3n) is 5.62. The van der Waals surface area contributed by atoms with Crippen LogP contribution in [0.15, 0.2) is 48.8 Å². The van der Waals surface area contributed by atoms with Gasteiger partial charge in [0.15, 0.2) is 0 Å². The number of anilines is 1. The molecule has 10 heteroatoms. The first-order valence-corrected chi connectivity index (χ1v) is 10.9. The number of hydrogen-bond acceptors (Lipinski definition) is 4. The zero-order chi connectivity index (χ0) is 23.8. The lowest BCUT2D eigenvalue weighted by Gasteiger charge is -2.35. The summed E-state index contributed by atoms with van der Waals surface area (Å²) >= 11 is 5.99. The summed E-state index contributed by atoms with van der Waals surface area (Å²) in [6.07, 6.45) is -1.98. The molecule has 0 saturated carbocycles. The molecule has 0 atom stereocenters. The van der Waals surface area contributed by atoms with Crippen molar-refractivity contribution in [3.63, 3.8) is 0 Å². The molecule has 3 heterocycles. The van der Waals surface area contributed by atoms with Crippen molar-refractivity contribution in [1.29, 1.82) is 0 Å². The lowest BCUT2D eigenvalue weighted by Crippen LogP contribution is -2.49. The van der Waals surface area contributed by atoms with E-state index in [0.29, 0.717) is 42.6 Å². The normalized spacial score (nSPS) is 14.8. The van der Waals surface area contributed by atoms with Gasteiger partial charge in [0.25, 0.3) is 5.91 Å². The van der Waals surface area contributed by atoms with Crippen LogP contribution in [0, 0.1) is 0 Å². The van der Waals surface area contributed by atoms with E-state index in [9.17, 15) is 18.0 Å². The van der Waals surface area contributed by atoms with Gasteiger partial charge < -0.3 is 9.80 Å². The Balaban J connectivity index is 1.48. The van der Waals surface area contributed by atoms with E-state index in [1.54, 1.807) is 27.9 Å². The fourth-order valence-electron chi connectivity index (χ4n) is 3.92. The number of carbonyl (C=O) groups excluding carboxylic acids is 1. The maximum atomic E-state index is 13.3. The highest BCUT2D eigenvalue weighted by Gasteiger charge is 2.32. The maximum absolute atomic E-state index is 13.3. The predicted molar refractivity (Wildman–Crippen MR) is 120 cm³/mol. The number of nitrogens with zero attached hydrogens (tertiary/aromatic N) is 5. The molecule has 1 aliphatic rings. The Morgan fingerprint density at radius 2 is 1.67 bits per heavy atom. The molecular formula is C23H23ClF3N5O. The van der Waals surface area contributed by atoms with Crippen molar-refractivity contribution in [2.75, 3.05) is 31.1 Å². The van der Waals surface area contributed by atoms with Crippen molar-refractivity contribution in [3.05, 3.63) is 70.6 Å². The number of halogens is 4. The van der Waals surface area contributed by atoms with Gasteiger partial charge in [0.1, 0.15) is 5.82 Å². The maximum Gasteiger partial charge on any atom is 0.417 e. The van der Waals surface area contributed by atoms with Crippen molar-refractivity contribution in [3.8, 4) is 5.69 Å². The van der Waals surface area contributed by atoms with E-state index in [4.69, 9.17) is 11.6 Å². The first-order chi connectivity index (χ1) is 15.6. The van der Waals surface area contributed by atoms with Crippen LogP contribution in [0.2, 0.25) is 5.02 Å². The minimum absolute atomic E-state index is 0.0553. The molecule has 0 spiro atoms. The first kappa shape index (κ1) is 23.1. The van der Waals surface area contributed by atoms with E-state index in [1.807, 2.05) is 30.9 Å². The molecule has 0 radical (unpaired) electrons. The van der Waals surface area contributed by atoms with Crippen molar-refractivity contribution in [2.24, 2.45) is 0 Å². The van der Waals surface area contributed by atoms with E-state index in [1.165, 1.54) is 6.07 Å². The summed E-state index contributed by atoms with van der Waals surface area (Å²) in [4.78, 5) is 20.9. The highest BCUT2D eigenvalue weighted by atomic mass is 35.5. The second-order valence-electron chi connectivity index (χ2n) is 8.17. The van der Waals surface area contributed by atoms with E-state index in [2.05, 4.69) is 10.1 Å². The molecule has 0 N–H and O–H groups in total. The van der Waals surface area contributed by atoms with Crippen LogP contribution in [0.25, 0.3) is 5.69 Å². The van der Waals surface area contributed by atoms with Gasteiger partial charge in [-0.05, 0) is 42.3 Å². The molecule has 1 amide bonds. The minimum atomic E-state index is -4.42. The summed E-state index contributed by atoms with van der Waals surface area (Å²) < 4.78 is 40.1. The van der Waals surface area contributed by atoms with Crippen molar-refractivity contribution in [1.82, 2.24) is 19.7 Å². The van der Waals surface area contributed by atoms with Gasteiger partial charge in [0.2, 0.25) is 0 Å². The molecule has 1 saturated heterocycles. The fourth-order valence-corrected chi connectivity index (χ4v) is 4.04. The average Bonchev–Trinajstić information content (AvgIpc) is 3.24. The summed E-state index contributed by atoms with van der Waals surface area (Å²) in [5.74, 6) is 0.409. The van der Waals surface area contributed by atoms with Crippen molar-refractivity contribution in [2.45, 2.75) is 25.9 Å². The molecule has 4 rings (SSSR count). The Morgan fingerprint density at radius 1 is 1.00 bits per heavy atom. The largest absolute Gasteiger partial charge is 0.417 e. The van der Waals surface area contributed by atoms with E-state index in [-0.39, 0.29) is 11.8 Å². The predicted octanol–water partition coefficient (Wildman–Crippen LogP) is 5.03. The minimum Gasteiger partial charge on any atom is -0.353 e. The van der Waals surface area contributed by atoms with Crippen LogP contribution < -0.4 is 4.90 Å². The Labute approximate surface area is 194 Å². The molecule has 2 aromatic heterocycles. The zero-order valence-electron chi connectivity index (χ0n) is 18.2. The van der Waals surface area contributed by atoms with Crippen molar-refractivity contribution >= 4 is 23.3 Å². The van der Waals surface area contributed by atoms with Crippen LogP contribution >= 0.6 is 11.6 Å². The smallest absolute Gasteiger partial charge is 0.353 e. The number of piperazine rings is 1. The zero-order valence-corrected chi connectivity index (χ0v) is 18.9. The van der Waals surface area contributed by atoms with Crippen LogP contribution in [0.3, 0.4) is 0 Å². The Hall–Kier alpha value is -3.07. The number of pyridine rings is 1. The molecule has 3 aromatic rings. The summed E-state index contributed by atoms with van der Waals surface area (Å²) in [5, 5.41) is 5.08. The highest BCUT2D eigenvalue weighted by Crippen LogP contribution is 2.30. The van der Waals surface area contributed by atoms with Crippen LogP contribution in [0.1, 0.15) is 41.4 Å². The second kappa shape index (κ2) is 9.05. The SMILES string of the molecule is CC(C)c1c(C(=O)N2CCN(c3ccc(C(F)(F)F)cn3)CC2)cnn1-c1ccc(Cl)cc1. The molecule has 1 aliphatic heterocycles. The molecular weight excluding hydrogens is 455 g/mol. The number of aromatic nitrogens is 3. The van der Waals surface area contributed by atoms with E-state index >= 15 is 0 Å². The number of amides is 1. The lowest BCUT2D eigenvalue weighted by molar-refractivity contribution is -0.137. The number of hydrogen-bond donors (Lipinski definition) is 0. The topological polar surface area (TPSA) is 54.3 Å². The van der Waals surface area contributed by atoms with Crippen LogP contribution in [-0.4, -0.2) is 51.8 Å². The fraction of sp³-hybridized carbons (Fsp3) is 0.348. The summed E-state index contributed by atoms with van der Waals surface area (Å²) in [6, 6.07) is 9.65. The Kier molecular flexibility index (Phi) is 6.34. The standard InChI is InChI=1S/C23H23ClF3N5O/c1-15(2)21-19(14-29-32(21)18-6-4-17(24)5-7-18)22(33)31-11-9-30(10-12-31)20-8-3-16(13-28-20)23(25,26)27/h3-8,13-15H,9-12H2,1-2H3. The van der Waals surface area contributed by atoms with Gasteiger partial charge in [-0.1, -0.05) is 25.4 Å². The molecule has 0 unspecified atom stereocenters. The number of benzene rings is 1. The Bertz CT molecular complexity index is 1120. The Morgan fingerprint density at radius 3 is 2.21 bits per heavy atom. The number of carbonyl (C=O) groups is 1. The third kappa shape index (κ3) is 4.83. The molecule has 0 bridgehead atoms. The highest BCUT2D eigenvalue weighted by molar-refractivity contribution is 6.30. The molecule has 0 aliphatic carbocycles. The summed E-state index contributed by atoms with van der Waals surface area (Å²) in [7, 11) is 0. The van der Waals surface area contributed by atoms with E-state index in [0.717, 1.165) is 23.6 Å². The summed E-state index contributed by atoms with van der Waals surface area (Å²) in [5.41, 5.74) is 1.40. The number of alkyl halides is 3. The van der Waals surface area contributed by atoms with Crippen LogP contribution in [0.5, 0.6) is 0 Å². The molecule has 1 aromatic carbocycles. The third-order valence-corrected chi connectivity index (χ3v) is 5.87. The van der Waals surface area contributed by atoms with Crippen LogP contribution in [-0.2, 0) is 6.18 Å².